The van der Waals surface area contributed by atoms with Crippen molar-refractivity contribution in [2.45, 2.75) is 6.54 Å². The Bertz CT molecular complexity index is 904. The normalized spacial score (nSPS) is 14.1. The predicted octanol–water partition coefficient (Wildman–Crippen LogP) is 2.03. The number of anilines is 1. The van der Waals surface area contributed by atoms with Crippen molar-refractivity contribution in [3.8, 4) is 5.69 Å². The van der Waals surface area contributed by atoms with E-state index in [4.69, 9.17) is 4.74 Å². The molecule has 2 heterocycles. The molecule has 138 valence electrons. The molecular weight excluding hydrogens is 342 g/mol. The number of rotatable bonds is 5. The van der Waals surface area contributed by atoms with Gasteiger partial charge in [-0.3, -0.25) is 4.79 Å². The number of hydrogen-bond donors (Lipinski definition) is 1. The molecule has 1 saturated heterocycles. The molecule has 1 amide bonds. The van der Waals surface area contributed by atoms with Crippen molar-refractivity contribution in [1.29, 1.82) is 0 Å². The van der Waals surface area contributed by atoms with Gasteiger partial charge in [-0.25, -0.2) is 9.67 Å². The molecule has 0 saturated carbocycles. The number of aromatic nitrogens is 3. The zero-order valence-corrected chi connectivity index (χ0v) is 14.9. The summed E-state index contributed by atoms with van der Waals surface area (Å²) in [5, 5.41) is 7.22. The van der Waals surface area contributed by atoms with Crippen LogP contribution in [0.3, 0.4) is 0 Å². The fourth-order valence-electron chi connectivity index (χ4n) is 3.23. The van der Waals surface area contributed by atoms with Crippen molar-refractivity contribution in [2.24, 2.45) is 0 Å². The Hall–Kier alpha value is -3.19. The van der Waals surface area contributed by atoms with E-state index in [1.807, 2.05) is 48.5 Å². The van der Waals surface area contributed by atoms with Crippen LogP contribution < -0.4 is 10.2 Å². The van der Waals surface area contributed by atoms with Crippen molar-refractivity contribution in [1.82, 2.24) is 20.1 Å². The van der Waals surface area contributed by atoms with Gasteiger partial charge in [-0.2, -0.15) is 5.10 Å². The van der Waals surface area contributed by atoms with Gasteiger partial charge in [-0.1, -0.05) is 30.3 Å². The van der Waals surface area contributed by atoms with E-state index in [9.17, 15) is 4.79 Å². The van der Waals surface area contributed by atoms with E-state index in [-0.39, 0.29) is 5.91 Å². The van der Waals surface area contributed by atoms with Crippen LogP contribution in [0.4, 0.5) is 5.69 Å². The first-order valence-corrected chi connectivity index (χ1v) is 8.96. The maximum atomic E-state index is 12.9. The maximum absolute atomic E-state index is 12.9. The Morgan fingerprint density at radius 3 is 2.56 bits per heavy atom. The van der Waals surface area contributed by atoms with Gasteiger partial charge >= 0.3 is 0 Å². The van der Waals surface area contributed by atoms with E-state index in [0.29, 0.717) is 25.3 Å². The van der Waals surface area contributed by atoms with Gasteiger partial charge in [0.2, 0.25) is 0 Å². The number of carbonyl (C=O) groups is 1. The van der Waals surface area contributed by atoms with Crippen LogP contribution in [0.25, 0.3) is 5.69 Å². The molecule has 1 fully saturated rings. The molecule has 0 atom stereocenters. The summed E-state index contributed by atoms with van der Waals surface area (Å²) in [6.45, 7) is 3.35. The Morgan fingerprint density at radius 1 is 1.04 bits per heavy atom. The Kier molecular flexibility index (Phi) is 5.11. The lowest BCUT2D eigenvalue weighted by Crippen LogP contribution is -2.37. The lowest BCUT2D eigenvalue weighted by atomic mass is 10.1. The summed E-state index contributed by atoms with van der Waals surface area (Å²) >= 11 is 0. The molecule has 1 aliphatic rings. The van der Waals surface area contributed by atoms with E-state index >= 15 is 0 Å². The summed E-state index contributed by atoms with van der Waals surface area (Å²) in [6.07, 6.45) is 3.14. The lowest BCUT2D eigenvalue weighted by Gasteiger charge is -2.30. The van der Waals surface area contributed by atoms with E-state index in [0.717, 1.165) is 30.0 Å². The molecule has 0 unspecified atom stereocenters. The predicted molar refractivity (Wildman–Crippen MR) is 102 cm³/mol. The quantitative estimate of drug-likeness (QED) is 0.751. The van der Waals surface area contributed by atoms with Crippen molar-refractivity contribution < 1.29 is 9.53 Å². The van der Waals surface area contributed by atoms with Gasteiger partial charge < -0.3 is 15.0 Å². The number of carbonyl (C=O) groups excluding carboxylic acids is 1. The number of para-hydroxylation sites is 2. The number of ether oxygens (including phenoxy) is 1. The fourth-order valence-corrected chi connectivity index (χ4v) is 3.23. The van der Waals surface area contributed by atoms with Crippen molar-refractivity contribution >= 4 is 11.6 Å². The SMILES string of the molecule is O=C(NCc1ccccc1-n1cncn1)c1ccccc1N1CCOCC1. The molecule has 4 rings (SSSR count). The molecule has 0 aliphatic carbocycles. The summed E-state index contributed by atoms with van der Waals surface area (Å²) < 4.78 is 7.12. The summed E-state index contributed by atoms with van der Waals surface area (Å²) in [6, 6.07) is 15.5. The van der Waals surface area contributed by atoms with Gasteiger partial charge in [0.15, 0.2) is 0 Å². The zero-order chi connectivity index (χ0) is 18.5. The van der Waals surface area contributed by atoms with Crippen LogP contribution in [0.15, 0.2) is 61.2 Å². The van der Waals surface area contributed by atoms with Crippen molar-refractivity contribution in [3.05, 3.63) is 72.3 Å². The molecule has 1 aliphatic heterocycles. The van der Waals surface area contributed by atoms with Gasteiger partial charge in [0.25, 0.3) is 5.91 Å². The number of morpholine rings is 1. The second-order valence-electron chi connectivity index (χ2n) is 6.27. The third-order valence-electron chi connectivity index (χ3n) is 4.60. The first-order chi connectivity index (χ1) is 13.3. The highest BCUT2D eigenvalue weighted by Crippen LogP contribution is 2.22. The third-order valence-corrected chi connectivity index (χ3v) is 4.60. The molecule has 1 N–H and O–H groups in total. The van der Waals surface area contributed by atoms with Gasteiger partial charge in [-0.05, 0) is 23.8 Å². The molecule has 7 nitrogen and oxygen atoms in total. The summed E-state index contributed by atoms with van der Waals surface area (Å²) in [5.41, 5.74) is 3.50. The standard InChI is InChI=1S/C20H21N5O2/c26-20(17-6-2-4-8-19(17)24-9-11-27-12-10-24)22-13-16-5-1-3-7-18(16)25-15-21-14-23-25/h1-8,14-15H,9-13H2,(H,22,26). The minimum absolute atomic E-state index is 0.0921. The summed E-state index contributed by atoms with van der Waals surface area (Å²) in [5.74, 6) is -0.0921. The molecule has 2 aromatic carbocycles. The maximum Gasteiger partial charge on any atom is 0.253 e. The van der Waals surface area contributed by atoms with Crippen LogP contribution in [0.1, 0.15) is 15.9 Å². The number of nitrogens with zero attached hydrogens (tertiary/aromatic N) is 4. The van der Waals surface area contributed by atoms with Crippen LogP contribution in [0.5, 0.6) is 0 Å². The van der Waals surface area contributed by atoms with E-state index < -0.39 is 0 Å². The van der Waals surface area contributed by atoms with Crippen molar-refractivity contribution in [2.75, 3.05) is 31.2 Å². The first kappa shape index (κ1) is 17.2. The van der Waals surface area contributed by atoms with Gasteiger partial charge in [0.1, 0.15) is 12.7 Å². The van der Waals surface area contributed by atoms with Crippen LogP contribution in [-0.2, 0) is 11.3 Å². The average molecular weight is 363 g/mol. The molecule has 3 aromatic rings. The minimum atomic E-state index is -0.0921. The highest BCUT2D eigenvalue weighted by Gasteiger charge is 2.18. The van der Waals surface area contributed by atoms with E-state index in [2.05, 4.69) is 20.3 Å². The molecule has 0 spiro atoms. The monoisotopic (exact) mass is 363 g/mol. The number of nitrogens with one attached hydrogen (secondary N) is 1. The van der Waals surface area contributed by atoms with Crippen LogP contribution in [0, 0.1) is 0 Å². The molecular formula is C20H21N5O2. The lowest BCUT2D eigenvalue weighted by molar-refractivity contribution is 0.0949. The van der Waals surface area contributed by atoms with Crippen LogP contribution >= 0.6 is 0 Å². The summed E-state index contributed by atoms with van der Waals surface area (Å²) in [4.78, 5) is 19.1. The number of benzene rings is 2. The van der Waals surface area contributed by atoms with Crippen LogP contribution in [-0.4, -0.2) is 47.0 Å². The Balaban J connectivity index is 1.51. The first-order valence-electron chi connectivity index (χ1n) is 8.96. The second kappa shape index (κ2) is 8.01. The number of hydrogen-bond acceptors (Lipinski definition) is 5. The molecule has 27 heavy (non-hydrogen) atoms. The Labute approximate surface area is 157 Å². The molecule has 0 radical (unpaired) electrons. The summed E-state index contributed by atoms with van der Waals surface area (Å²) in [7, 11) is 0. The third kappa shape index (κ3) is 3.83. The van der Waals surface area contributed by atoms with Gasteiger partial charge in [0.05, 0.1) is 24.5 Å². The second-order valence-corrected chi connectivity index (χ2v) is 6.27. The van der Waals surface area contributed by atoms with Crippen LogP contribution in [0.2, 0.25) is 0 Å². The largest absolute Gasteiger partial charge is 0.378 e. The Morgan fingerprint density at radius 2 is 1.78 bits per heavy atom. The highest BCUT2D eigenvalue weighted by atomic mass is 16.5. The highest BCUT2D eigenvalue weighted by molar-refractivity contribution is 5.99. The van der Waals surface area contributed by atoms with E-state index in [1.54, 1.807) is 11.0 Å². The van der Waals surface area contributed by atoms with Gasteiger partial charge in [-0.15, -0.1) is 0 Å². The fraction of sp³-hybridized carbons (Fsp3) is 0.250. The topological polar surface area (TPSA) is 72.3 Å². The van der Waals surface area contributed by atoms with E-state index in [1.165, 1.54) is 6.33 Å². The van der Waals surface area contributed by atoms with Crippen molar-refractivity contribution in [3.63, 3.8) is 0 Å². The molecule has 0 bridgehead atoms. The molecule has 1 aromatic heterocycles. The smallest absolute Gasteiger partial charge is 0.253 e. The average Bonchev–Trinajstić information content (AvgIpc) is 3.27. The van der Waals surface area contributed by atoms with Gasteiger partial charge in [0, 0.05) is 25.3 Å². The minimum Gasteiger partial charge on any atom is -0.378 e. The zero-order valence-electron chi connectivity index (χ0n) is 14.9. The number of amides is 1. The molecule has 7 heteroatoms.